The number of benzene rings is 2. The van der Waals surface area contributed by atoms with Crippen LogP contribution in [0.1, 0.15) is 31.9 Å². The van der Waals surface area contributed by atoms with Crippen LogP contribution in [0, 0.1) is 0 Å². The third-order valence-electron chi connectivity index (χ3n) is 5.04. The van der Waals surface area contributed by atoms with Crippen LogP contribution in [-0.2, 0) is 26.0 Å². The molecule has 168 valence electrons. The van der Waals surface area contributed by atoms with Gasteiger partial charge in [0.15, 0.2) is 6.10 Å². The van der Waals surface area contributed by atoms with E-state index in [1.165, 1.54) is 9.87 Å². The molecule has 0 saturated carbocycles. The summed E-state index contributed by atoms with van der Waals surface area (Å²) in [6.45, 7) is 6.65. The molecule has 1 heterocycles. The van der Waals surface area contributed by atoms with Crippen molar-refractivity contribution in [3.05, 3.63) is 59.7 Å². The van der Waals surface area contributed by atoms with Gasteiger partial charge < -0.3 is 10.1 Å². The highest BCUT2D eigenvalue weighted by atomic mass is 32.2. The van der Waals surface area contributed by atoms with E-state index in [-0.39, 0.29) is 17.9 Å². The first-order chi connectivity index (χ1) is 14.6. The number of hydrogen-bond acceptors (Lipinski definition) is 5. The molecular weight excluding hydrogens is 432 g/mol. The number of anilines is 1. The molecule has 31 heavy (non-hydrogen) atoms. The van der Waals surface area contributed by atoms with E-state index in [2.05, 4.69) is 38.2 Å². The molecule has 0 fully saturated rings. The van der Waals surface area contributed by atoms with Gasteiger partial charge in [-0.25, -0.2) is 8.42 Å². The highest BCUT2D eigenvalue weighted by Crippen LogP contribution is 2.38. The molecule has 1 atom stereocenters. The number of ether oxygens (including phenoxy) is 1. The number of hydrogen-bond donors (Lipinski definition) is 1. The van der Waals surface area contributed by atoms with Crippen LogP contribution in [0.25, 0.3) is 0 Å². The Morgan fingerprint density at radius 2 is 1.90 bits per heavy atom. The standard InChI is InChI=1S/C23H30N2O4S2/c1-23(2,3)18-10-11-20-19(14-18)25(31(4,27)28)15-21(29-20)22(26)24-12-13-30-16-17-8-6-5-7-9-17/h5-11,14,21H,12-13,15-16H2,1-4H3,(H,24,26). The van der Waals surface area contributed by atoms with E-state index in [4.69, 9.17) is 4.74 Å². The minimum atomic E-state index is -3.56. The molecule has 1 aliphatic heterocycles. The SMILES string of the molecule is CC(C)(C)c1ccc2c(c1)N(S(C)(=O)=O)CC(C(=O)NCCSCc1ccccc1)O2. The van der Waals surface area contributed by atoms with Gasteiger partial charge >= 0.3 is 0 Å². The Morgan fingerprint density at radius 3 is 2.55 bits per heavy atom. The van der Waals surface area contributed by atoms with E-state index in [1.807, 2.05) is 30.3 Å². The molecule has 0 bridgehead atoms. The van der Waals surface area contributed by atoms with Gasteiger partial charge in [0.25, 0.3) is 5.91 Å². The Kier molecular flexibility index (Phi) is 7.21. The number of amides is 1. The fourth-order valence-electron chi connectivity index (χ4n) is 3.29. The minimum absolute atomic E-state index is 0.0393. The average Bonchev–Trinajstić information content (AvgIpc) is 2.71. The summed E-state index contributed by atoms with van der Waals surface area (Å²) < 4.78 is 32.1. The molecule has 1 aliphatic rings. The van der Waals surface area contributed by atoms with E-state index in [1.54, 1.807) is 17.8 Å². The number of thioether (sulfide) groups is 1. The molecule has 0 saturated heterocycles. The van der Waals surface area contributed by atoms with Gasteiger partial charge in [-0.2, -0.15) is 11.8 Å². The fourth-order valence-corrected chi connectivity index (χ4v) is 5.02. The molecule has 2 aromatic carbocycles. The minimum Gasteiger partial charge on any atom is -0.476 e. The molecule has 1 amide bonds. The summed E-state index contributed by atoms with van der Waals surface area (Å²) in [4.78, 5) is 12.7. The Labute approximate surface area is 189 Å². The molecule has 0 radical (unpaired) electrons. The monoisotopic (exact) mass is 462 g/mol. The van der Waals surface area contributed by atoms with Crippen molar-refractivity contribution >= 4 is 33.4 Å². The molecule has 3 rings (SSSR count). The molecule has 6 nitrogen and oxygen atoms in total. The number of rotatable bonds is 7. The number of fused-ring (bicyclic) bond motifs is 1. The summed E-state index contributed by atoms with van der Waals surface area (Å²) >= 11 is 1.73. The quantitative estimate of drug-likeness (QED) is 0.637. The number of carbonyl (C=O) groups is 1. The Hall–Kier alpha value is -2.19. The summed E-state index contributed by atoms with van der Waals surface area (Å²) in [5.74, 6) is 1.74. The van der Waals surface area contributed by atoms with Gasteiger partial charge in [-0.05, 0) is 28.7 Å². The van der Waals surface area contributed by atoms with Crippen molar-refractivity contribution in [3.63, 3.8) is 0 Å². The lowest BCUT2D eigenvalue weighted by atomic mass is 9.86. The predicted molar refractivity (Wildman–Crippen MR) is 127 cm³/mol. The maximum Gasteiger partial charge on any atom is 0.263 e. The zero-order valence-electron chi connectivity index (χ0n) is 18.4. The van der Waals surface area contributed by atoms with Gasteiger partial charge in [0, 0.05) is 18.1 Å². The van der Waals surface area contributed by atoms with Crippen molar-refractivity contribution in [1.29, 1.82) is 0 Å². The summed E-state index contributed by atoms with van der Waals surface area (Å²) in [6, 6.07) is 15.7. The smallest absolute Gasteiger partial charge is 0.263 e. The first-order valence-electron chi connectivity index (χ1n) is 10.2. The fraction of sp³-hybridized carbons (Fsp3) is 0.435. The first kappa shape index (κ1) is 23.5. The molecule has 0 spiro atoms. The molecule has 0 aromatic heterocycles. The lowest BCUT2D eigenvalue weighted by molar-refractivity contribution is -0.127. The normalized spacial score (nSPS) is 16.4. The number of carbonyl (C=O) groups excluding carboxylic acids is 1. The lowest BCUT2D eigenvalue weighted by Crippen LogP contribution is -2.50. The highest BCUT2D eigenvalue weighted by molar-refractivity contribution is 7.98. The van der Waals surface area contributed by atoms with Gasteiger partial charge in [0.05, 0.1) is 18.5 Å². The van der Waals surface area contributed by atoms with Crippen LogP contribution in [0.15, 0.2) is 48.5 Å². The summed E-state index contributed by atoms with van der Waals surface area (Å²) in [6.07, 6.45) is 0.267. The lowest BCUT2D eigenvalue weighted by Gasteiger charge is -2.35. The van der Waals surface area contributed by atoms with Crippen LogP contribution >= 0.6 is 11.8 Å². The van der Waals surface area contributed by atoms with Crippen LogP contribution < -0.4 is 14.4 Å². The zero-order chi connectivity index (χ0) is 22.6. The van der Waals surface area contributed by atoms with Crippen LogP contribution in [0.4, 0.5) is 5.69 Å². The second-order valence-electron chi connectivity index (χ2n) is 8.66. The largest absolute Gasteiger partial charge is 0.476 e. The number of nitrogens with one attached hydrogen (secondary N) is 1. The number of nitrogens with zero attached hydrogens (tertiary/aromatic N) is 1. The Balaban J connectivity index is 1.63. The average molecular weight is 463 g/mol. The van der Waals surface area contributed by atoms with E-state index in [9.17, 15) is 13.2 Å². The topological polar surface area (TPSA) is 75.7 Å². The van der Waals surface area contributed by atoms with E-state index < -0.39 is 16.1 Å². The second kappa shape index (κ2) is 9.53. The molecule has 1 unspecified atom stereocenters. The Morgan fingerprint density at radius 1 is 1.19 bits per heavy atom. The van der Waals surface area contributed by atoms with Crippen molar-refractivity contribution in [2.24, 2.45) is 0 Å². The van der Waals surface area contributed by atoms with Gasteiger partial charge in [0.2, 0.25) is 10.0 Å². The van der Waals surface area contributed by atoms with E-state index >= 15 is 0 Å². The van der Waals surface area contributed by atoms with Gasteiger partial charge in [-0.3, -0.25) is 9.10 Å². The summed E-state index contributed by atoms with van der Waals surface area (Å²) in [5, 5.41) is 2.87. The summed E-state index contributed by atoms with van der Waals surface area (Å²) in [7, 11) is -3.56. The van der Waals surface area contributed by atoms with Gasteiger partial charge in [-0.15, -0.1) is 0 Å². The van der Waals surface area contributed by atoms with Crippen molar-refractivity contribution in [3.8, 4) is 5.75 Å². The Bertz CT molecular complexity index is 1020. The van der Waals surface area contributed by atoms with Crippen molar-refractivity contribution in [1.82, 2.24) is 5.32 Å². The molecule has 2 aromatic rings. The highest BCUT2D eigenvalue weighted by Gasteiger charge is 2.35. The maximum atomic E-state index is 12.7. The number of sulfonamides is 1. The molecule has 0 aliphatic carbocycles. The molecule has 8 heteroatoms. The summed E-state index contributed by atoms with van der Waals surface area (Å²) in [5.41, 5.74) is 2.59. The second-order valence-corrected chi connectivity index (χ2v) is 11.7. The maximum absolute atomic E-state index is 12.7. The van der Waals surface area contributed by atoms with Gasteiger partial charge in [0.1, 0.15) is 5.75 Å². The van der Waals surface area contributed by atoms with Crippen molar-refractivity contribution < 1.29 is 17.9 Å². The van der Waals surface area contributed by atoms with Crippen molar-refractivity contribution in [2.75, 3.05) is 29.4 Å². The third kappa shape index (κ3) is 6.17. The van der Waals surface area contributed by atoms with Crippen LogP contribution in [0.2, 0.25) is 0 Å². The van der Waals surface area contributed by atoms with Crippen molar-refractivity contribution in [2.45, 2.75) is 38.0 Å². The first-order valence-corrected chi connectivity index (χ1v) is 13.2. The third-order valence-corrected chi connectivity index (χ3v) is 7.22. The van der Waals surface area contributed by atoms with Gasteiger partial charge in [-0.1, -0.05) is 57.2 Å². The molecular formula is C23H30N2O4S2. The molecule has 1 N–H and O–H groups in total. The zero-order valence-corrected chi connectivity index (χ0v) is 20.1. The van der Waals surface area contributed by atoms with Crippen LogP contribution in [0.3, 0.4) is 0 Å². The van der Waals surface area contributed by atoms with E-state index in [0.29, 0.717) is 18.0 Å². The predicted octanol–water partition coefficient (Wildman–Crippen LogP) is 3.56. The van der Waals surface area contributed by atoms with Crippen LogP contribution in [-0.4, -0.2) is 45.5 Å². The van der Waals surface area contributed by atoms with E-state index in [0.717, 1.165) is 23.3 Å². The van der Waals surface area contributed by atoms with Crippen LogP contribution in [0.5, 0.6) is 5.75 Å².